The van der Waals surface area contributed by atoms with E-state index in [1.54, 1.807) is 18.5 Å². The first-order valence-corrected chi connectivity index (χ1v) is 8.83. The zero-order valence-corrected chi connectivity index (χ0v) is 14.6. The maximum Gasteiger partial charge on any atom is 0.408 e. The summed E-state index contributed by atoms with van der Waals surface area (Å²) in [5.41, 5.74) is 2.38. The van der Waals surface area contributed by atoms with Gasteiger partial charge in [0.2, 0.25) is 0 Å². The van der Waals surface area contributed by atoms with Gasteiger partial charge in [0.05, 0.1) is 23.0 Å². The lowest BCUT2D eigenvalue weighted by molar-refractivity contribution is 0.0747. The van der Waals surface area contributed by atoms with Crippen LogP contribution in [0, 0.1) is 0 Å². The third kappa shape index (κ3) is 3.33. The van der Waals surface area contributed by atoms with Crippen molar-refractivity contribution in [2.75, 3.05) is 6.54 Å². The smallest absolute Gasteiger partial charge is 0.408 e. The van der Waals surface area contributed by atoms with Gasteiger partial charge in [-0.1, -0.05) is 18.2 Å². The number of carboxylic acid groups (broad SMARTS) is 1. The fourth-order valence-corrected chi connectivity index (χ4v) is 3.43. The fourth-order valence-electron chi connectivity index (χ4n) is 3.43. The number of nitrogens with zero attached hydrogens (tertiary/aromatic N) is 3. The van der Waals surface area contributed by atoms with Crippen molar-refractivity contribution in [2.45, 2.75) is 25.4 Å². The number of hydrogen-bond donors (Lipinski definition) is 3. The number of pyridine rings is 1. The van der Waals surface area contributed by atoms with Crippen molar-refractivity contribution in [1.29, 1.82) is 0 Å². The predicted octanol–water partition coefficient (Wildman–Crippen LogP) is 2.84. The highest BCUT2D eigenvalue weighted by Crippen LogP contribution is 2.26. The highest BCUT2D eigenvalue weighted by atomic mass is 16.4. The van der Waals surface area contributed by atoms with Gasteiger partial charge in [-0.25, -0.2) is 9.78 Å². The number of fused-ring (bicyclic) bond motifs is 1. The molecule has 1 aliphatic rings. The van der Waals surface area contributed by atoms with Gasteiger partial charge in [-0.3, -0.25) is 14.8 Å². The van der Waals surface area contributed by atoms with Crippen LogP contribution >= 0.6 is 0 Å². The summed E-state index contributed by atoms with van der Waals surface area (Å²) < 4.78 is 0. The maximum atomic E-state index is 13.0. The van der Waals surface area contributed by atoms with Crippen molar-refractivity contribution in [2.24, 2.45) is 0 Å². The Labute approximate surface area is 155 Å². The van der Waals surface area contributed by atoms with Crippen LogP contribution in [0.5, 0.6) is 0 Å². The number of benzene rings is 1. The van der Waals surface area contributed by atoms with Crippen molar-refractivity contribution in [3.05, 3.63) is 48.3 Å². The van der Waals surface area contributed by atoms with E-state index in [4.69, 9.17) is 0 Å². The number of piperidine rings is 1. The van der Waals surface area contributed by atoms with Crippen LogP contribution in [0.4, 0.5) is 4.79 Å². The second kappa shape index (κ2) is 7.06. The number of carbonyl (C=O) groups excluding carboxylic acids is 1. The Kier molecular flexibility index (Phi) is 4.45. The van der Waals surface area contributed by atoms with E-state index < -0.39 is 12.3 Å². The van der Waals surface area contributed by atoms with E-state index in [2.05, 4.69) is 20.5 Å². The Bertz CT molecular complexity index is 986. The molecule has 8 nitrogen and oxygen atoms in total. The van der Waals surface area contributed by atoms with Crippen LogP contribution in [0.15, 0.2) is 42.7 Å². The second-order valence-electron chi connectivity index (χ2n) is 6.53. The number of H-pyrrole nitrogens is 1. The quantitative estimate of drug-likeness (QED) is 0.661. The first-order chi connectivity index (χ1) is 13.1. The van der Waals surface area contributed by atoms with E-state index in [1.165, 1.54) is 4.90 Å². The summed E-state index contributed by atoms with van der Waals surface area (Å²) in [7, 11) is 0. The molecule has 2 amide bonds. The van der Waals surface area contributed by atoms with Gasteiger partial charge in [-0.2, -0.15) is 5.10 Å². The Morgan fingerprint density at radius 3 is 2.89 bits per heavy atom. The number of amides is 2. The summed E-state index contributed by atoms with van der Waals surface area (Å²) in [5.74, 6) is -0.345. The minimum atomic E-state index is -1.02. The molecule has 0 bridgehead atoms. The molecule has 4 rings (SSSR count). The Morgan fingerprint density at radius 1 is 1.26 bits per heavy atom. The van der Waals surface area contributed by atoms with Crippen LogP contribution < -0.4 is 5.32 Å². The minimum Gasteiger partial charge on any atom is -0.465 e. The number of likely N-dealkylation sites (tertiary alicyclic amines) is 1. The topological polar surface area (TPSA) is 111 Å². The van der Waals surface area contributed by atoms with Crippen molar-refractivity contribution < 1.29 is 14.7 Å². The lowest BCUT2D eigenvalue weighted by atomic mass is 10.0. The molecule has 1 saturated heterocycles. The van der Waals surface area contributed by atoms with E-state index in [-0.39, 0.29) is 5.91 Å². The molecule has 0 saturated carbocycles. The van der Waals surface area contributed by atoms with Gasteiger partial charge >= 0.3 is 6.09 Å². The van der Waals surface area contributed by atoms with Crippen LogP contribution in [-0.2, 0) is 0 Å². The highest BCUT2D eigenvalue weighted by molar-refractivity contribution is 6.03. The van der Waals surface area contributed by atoms with Gasteiger partial charge < -0.3 is 10.4 Å². The SMILES string of the molecule is O=C(NC1CCCCN1C(=O)O)c1cc2ccccc2nc1-c1cn[nH]c1. The van der Waals surface area contributed by atoms with Crippen LogP contribution in [0.1, 0.15) is 29.6 Å². The van der Waals surface area contributed by atoms with Gasteiger partial charge in [0, 0.05) is 23.7 Å². The van der Waals surface area contributed by atoms with Crippen molar-refractivity contribution in [1.82, 2.24) is 25.4 Å². The summed E-state index contributed by atoms with van der Waals surface area (Å²) in [4.78, 5) is 30.4. The molecule has 1 atom stereocenters. The van der Waals surface area contributed by atoms with Crippen LogP contribution in [0.25, 0.3) is 22.2 Å². The Morgan fingerprint density at radius 2 is 2.11 bits per heavy atom. The largest absolute Gasteiger partial charge is 0.465 e. The first-order valence-electron chi connectivity index (χ1n) is 8.83. The van der Waals surface area contributed by atoms with E-state index in [1.807, 2.05) is 24.3 Å². The molecule has 138 valence electrons. The number of nitrogens with one attached hydrogen (secondary N) is 2. The number of aromatic amines is 1. The van der Waals surface area contributed by atoms with E-state index >= 15 is 0 Å². The zero-order chi connectivity index (χ0) is 18.8. The summed E-state index contributed by atoms with van der Waals surface area (Å²) in [5, 5.41) is 19.8. The predicted molar refractivity (Wildman–Crippen MR) is 99.2 cm³/mol. The molecule has 0 aliphatic carbocycles. The molecule has 0 spiro atoms. The molecule has 1 fully saturated rings. The van der Waals surface area contributed by atoms with Crippen LogP contribution in [-0.4, -0.2) is 49.9 Å². The molecule has 2 aromatic heterocycles. The summed E-state index contributed by atoms with van der Waals surface area (Å²) in [6.45, 7) is 0.421. The molecular formula is C19H19N5O3. The van der Waals surface area contributed by atoms with E-state index in [0.717, 1.165) is 23.7 Å². The van der Waals surface area contributed by atoms with Crippen molar-refractivity contribution in [3.8, 4) is 11.3 Å². The summed E-state index contributed by atoms with van der Waals surface area (Å²) in [6, 6.07) is 9.34. The van der Waals surface area contributed by atoms with Crippen molar-refractivity contribution >= 4 is 22.9 Å². The molecule has 1 aromatic carbocycles. The average molecular weight is 365 g/mol. The number of para-hydroxylation sites is 1. The number of aromatic nitrogens is 3. The van der Waals surface area contributed by atoms with Gasteiger partial charge in [0.1, 0.15) is 6.17 Å². The normalized spacial score (nSPS) is 17.0. The van der Waals surface area contributed by atoms with Crippen LogP contribution in [0.3, 0.4) is 0 Å². The lowest BCUT2D eigenvalue weighted by Gasteiger charge is -2.34. The summed E-state index contributed by atoms with van der Waals surface area (Å²) in [6.07, 6.45) is 4.01. The average Bonchev–Trinajstić information content (AvgIpc) is 3.22. The first kappa shape index (κ1) is 17.0. The van der Waals surface area contributed by atoms with Gasteiger partial charge in [0.15, 0.2) is 0 Å². The monoisotopic (exact) mass is 365 g/mol. The molecule has 3 aromatic rings. The van der Waals surface area contributed by atoms with Crippen LogP contribution in [0.2, 0.25) is 0 Å². The fraction of sp³-hybridized carbons (Fsp3) is 0.263. The van der Waals surface area contributed by atoms with Gasteiger partial charge in [-0.15, -0.1) is 0 Å². The third-order valence-corrected chi connectivity index (χ3v) is 4.79. The highest BCUT2D eigenvalue weighted by Gasteiger charge is 2.29. The number of rotatable bonds is 3. The molecular weight excluding hydrogens is 346 g/mol. The lowest BCUT2D eigenvalue weighted by Crippen LogP contribution is -2.52. The standard InChI is InChI=1S/C19H19N5O3/c25-18(23-16-7-3-4-8-24(16)19(26)27)14-9-12-5-1-2-6-15(12)22-17(14)13-10-20-21-11-13/h1-2,5-6,9-11,16H,3-4,7-8H2,(H,20,21)(H,23,25)(H,26,27). The Balaban J connectivity index is 1.72. The zero-order valence-electron chi connectivity index (χ0n) is 14.6. The molecule has 3 N–H and O–H groups in total. The summed E-state index contributed by atoms with van der Waals surface area (Å²) >= 11 is 0. The third-order valence-electron chi connectivity index (χ3n) is 4.79. The molecule has 3 heterocycles. The second-order valence-corrected chi connectivity index (χ2v) is 6.53. The molecule has 1 aliphatic heterocycles. The molecule has 1 unspecified atom stereocenters. The van der Waals surface area contributed by atoms with E-state index in [0.29, 0.717) is 29.8 Å². The number of carbonyl (C=O) groups is 2. The van der Waals surface area contributed by atoms with Crippen molar-refractivity contribution in [3.63, 3.8) is 0 Å². The molecule has 0 radical (unpaired) electrons. The number of hydrogen-bond acceptors (Lipinski definition) is 4. The molecule has 27 heavy (non-hydrogen) atoms. The molecule has 8 heteroatoms. The van der Waals surface area contributed by atoms with E-state index in [9.17, 15) is 14.7 Å². The Hall–Kier alpha value is -3.42. The van der Waals surface area contributed by atoms with Gasteiger partial charge in [-0.05, 0) is 31.4 Å². The minimum absolute atomic E-state index is 0.345. The van der Waals surface area contributed by atoms with Gasteiger partial charge in [0.25, 0.3) is 5.91 Å². The maximum absolute atomic E-state index is 13.0.